The van der Waals surface area contributed by atoms with Gasteiger partial charge in [0.1, 0.15) is 17.7 Å². The van der Waals surface area contributed by atoms with Crippen LogP contribution in [0.5, 0.6) is 6.01 Å². The van der Waals surface area contributed by atoms with Crippen molar-refractivity contribution < 1.29 is 18.7 Å². The summed E-state index contributed by atoms with van der Waals surface area (Å²) in [5.41, 5.74) is 5.78. The molecular formula is C47H52FN9O4. The number of carbonyl (C=O) groups excluding carboxylic acids is 2. The van der Waals surface area contributed by atoms with Crippen LogP contribution in [-0.4, -0.2) is 99.7 Å². The van der Waals surface area contributed by atoms with E-state index in [1.165, 1.54) is 22.6 Å². The third kappa shape index (κ3) is 7.52. The van der Waals surface area contributed by atoms with E-state index in [1.807, 2.05) is 30.3 Å². The monoisotopic (exact) mass is 825 g/mol. The molecular weight excluding hydrogens is 774 g/mol. The molecule has 1 N–H and O–H groups in total. The molecule has 1 atom stereocenters. The quantitative estimate of drug-likeness (QED) is 0.154. The predicted molar refractivity (Wildman–Crippen MR) is 232 cm³/mol. The Hall–Kier alpha value is -5.78. The number of nitrogens with one attached hydrogen (secondary N) is 1. The van der Waals surface area contributed by atoms with Crippen LogP contribution in [0.25, 0.3) is 21.8 Å². The Morgan fingerprint density at radius 2 is 1.70 bits per heavy atom. The van der Waals surface area contributed by atoms with Crippen LogP contribution in [-0.2, 0) is 36.1 Å². The number of imide groups is 1. The van der Waals surface area contributed by atoms with Gasteiger partial charge in [-0.25, -0.2) is 9.18 Å². The van der Waals surface area contributed by atoms with Crippen molar-refractivity contribution in [2.24, 2.45) is 12.5 Å². The van der Waals surface area contributed by atoms with Crippen LogP contribution in [0.4, 0.5) is 15.9 Å². The van der Waals surface area contributed by atoms with Crippen LogP contribution in [0.3, 0.4) is 0 Å². The van der Waals surface area contributed by atoms with Gasteiger partial charge in [0, 0.05) is 94.4 Å². The van der Waals surface area contributed by atoms with Gasteiger partial charge < -0.3 is 19.4 Å². The van der Waals surface area contributed by atoms with Crippen molar-refractivity contribution in [1.29, 1.82) is 0 Å². The number of rotatable bonds is 10. The van der Waals surface area contributed by atoms with E-state index < -0.39 is 11.9 Å². The Morgan fingerprint density at radius 1 is 0.902 bits per heavy atom. The van der Waals surface area contributed by atoms with Gasteiger partial charge in [0.15, 0.2) is 0 Å². The van der Waals surface area contributed by atoms with Crippen LogP contribution in [0.2, 0.25) is 0 Å². The number of imidazole rings is 1. The minimum Gasteiger partial charge on any atom is -0.463 e. The number of benzene rings is 3. The number of ether oxygens (including phenoxy) is 1. The lowest BCUT2D eigenvalue weighted by Gasteiger charge is -2.37. The number of halogens is 1. The number of piperidine rings is 2. The summed E-state index contributed by atoms with van der Waals surface area (Å²) in [6.07, 6.45) is 12.9. The molecule has 316 valence electrons. The van der Waals surface area contributed by atoms with Crippen LogP contribution in [0.1, 0.15) is 73.4 Å². The molecule has 4 fully saturated rings. The summed E-state index contributed by atoms with van der Waals surface area (Å²) < 4.78 is 24.7. The van der Waals surface area contributed by atoms with Crippen molar-refractivity contribution in [1.82, 2.24) is 34.2 Å². The number of nitrogens with zero attached hydrogens (tertiary/aromatic N) is 8. The first-order valence-electron chi connectivity index (χ1n) is 21.9. The average Bonchev–Trinajstić information content (AvgIpc) is 4.00. The van der Waals surface area contributed by atoms with E-state index >= 15 is 0 Å². The summed E-state index contributed by atoms with van der Waals surface area (Å²) in [7, 11) is 1.74. The van der Waals surface area contributed by atoms with E-state index in [1.54, 1.807) is 17.7 Å². The highest BCUT2D eigenvalue weighted by atomic mass is 19.1. The molecule has 2 amide bonds. The Morgan fingerprint density at radius 3 is 2.48 bits per heavy atom. The SMILES string of the molecule is C#Cc1c(F)ccc2cccc(N3CCc4c(nc(OCC5(CN6CCN(Cc7ccc8c(c7)n(C)c(=O)n8C7CCC(=O)NC7=O)CC6)CC5)nc4N4CCCCC4)C3)c12. The summed E-state index contributed by atoms with van der Waals surface area (Å²) in [5, 5.41) is 4.06. The molecule has 14 heteroatoms. The lowest BCUT2D eigenvalue weighted by Crippen LogP contribution is -2.48. The van der Waals surface area contributed by atoms with E-state index in [0.29, 0.717) is 36.7 Å². The third-order valence-electron chi connectivity index (χ3n) is 13.7. The summed E-state index contributed by atoms with van der Waals surface area (Å²) in [4.78, 5) is 57.5. The zero-order chi connectivity index (χ0) is 41.8. The standard InChI is InChI=1S/C47H52FN9O4/c1-3-33-35(48)12-11-32-8-7-9-38(42(32)33)56-21-16-34-36(28-56)49-45(51-43(34)55-19-5-4-6-20-55)61-30-47(17-18-47)29-54-24-22-53(23-25-54)27-31-10-13-37-40(26-31)52(2)46(60)57(37)39-14-15-41(58)50-44(39)59/h1,7-13,26,39H,4-6,14-25,27-30H2,2H3,(H,50,58,59). The Labute approximate surface area is 354 Å². The highest BCUT2D eigenvalue weighted by Gasteiger charge is 2.45. The number of hydrogen-bond donors (Lipinski definition) is 1. The minimum absolute atomic E-state index is 0.0723. The zero-order valence-electron chi connectivity index (χ0n) is 34.8. The maximum absolute atomic E-state index is 14.9. The molecule has 0 bridgehead atoms. The molecule has 3 aromatic carbocycles. The second kappa shape index (κ2) is 15.9. The first-order valence-corrected chi connectivity index (χ1v) is 21.9. The van der Waals surface area contributed by atoms with Crippen molar-refractivity contribution >= 4 is 45.1 Å². The van der Waals surface area contributed by atoms with Gasteiger partial charge in [0.25, 0.3) is 0 Å². The first-order chi connectivity index (χ1) is 29.7. The molecule has 1 aliphatic carbocycles. The Bertz CT molecular complexity index is 2650. The second-order valence-electron chi connectivity index (χ2n) is 17.8. The predicted octanol–water partition coefficient (Wildman–Crippen LogP) is 4.91. The molecule has 6 heterocycles. The molecule has 0 radical (unpaired) electrons. The summed E-state index contributed by atoms with van der Waals surface area (Å²) in [6.45, 7) is 9.35. The number of piperazine rings is 1. The summed E-state index contributed by atoms with van der Waals surface area (Å²) in [6, 6.07) is 15.0. The third-order valence-corrected chi connectivity index (χ3v) is 13.7. The fourth-order valence-electron chi connectivity index (χ4n) is 10.1. The van der Waals surface area contributed by atoms with Gasteiger partial charge in [-0.3, -0.25) is 28.9 Å². The van der Waals surface area contributed by atoms with Crippen molar-refractivity contribution in [3.05, 3.63) is 87.2 Å². The highest BCUT2D eigenvalue weighted by Crippen LogP contribution is 2.47. The number of aryl methyl sites for hydroxylation is 1. The van der Waals surface area contributed by atoms with E-state index in [0.717, 1.165) is 130 Å². The van der Waals surface area contributed by atoms with E-state index in [4.69, 9.17) is 21.1 Å². The van der Waals surface area contributed by atoms with Gasteiger partial charge in [0.05, 0.1) is 35.4 Å². The molecule has 4 aliphatic heterocycles. The molecule has 3 saturated heterocycles. The zero-order valence-corrected chi connectivity index (χ0v) is 34.8. The van der Waals surface area contributed by atoms with E-state index in [9.17, 15) is 18.8 Å². The van der Waals surface area contributed by atoms with Gasteiger partial charge in [-0.05, 0) is 80.2 Å². The fraction of sp³-hybridized carbons (Fsp3) is 0.468. The average molecular weight is 826 g/mol. The fourth-order valence-corrected chi connectivity index (χ4v) is 10.1. The molecule has 0 spiro atoms. The van der Waals surface area contributed by atoms with Crippen LogP contribution in [0, 0.1) is 23.6 Å². The Kier molecular flexibility index (Phi) is 10.3. The van der Waals surface area contributed by atoms with Gasteiger partial charge in [-0.1, -0.05) is 30.2 Å². The number of carbonyl (C=O) groups is 2. The Balaban J connectivity index is 0.799. The summed E-state index contributed by atoms with van der Waals surface area (Å²) in [5.74, 6) is 2.51. The lowest BCUT2D eigenvalue weighted by atomic mass is 9.98. The van der Waals surface area contributed by atoms with Crippen molar-refractivity contribution in [3.8, 4) is 18.4 Å². The molecule has 13 nitrogen and oxygen atoms in total. The number of aromatic nitrogens is 4. The summed E-state index contributed by atoms with van der Waals surface area (Å²) >= 11 is 0. The molecule has 5 aliphatic rings. The van der Waals surface area contributed by atoms with Crippen LogP contribution < -0.4 is 25.5 Å². The van der Waals surface area contributed by atoms with Gasteiger partial charge in [0.2, 0.25) is 11.8 Å². The first kappa shape index (κ1) is 39.4. The topological polar surface area (TPSA) is 121 Å². The van der Waals surface area contributed by atoms with Crippen molar-refractivity contribution in [2.45, 2.75) is 70.5 Å². The smallest absolute Gasteiger partial charge is 0.329 e. The largest absolute Gasteiger partial charge is 0.463 e. The normalized spacial score (nSPS) is 20.8. The van der Waals surface area contributed by atoms with E-state index in [2.05, 4.69) is 36.9 Å². The van der Waals surface area contributed by atoms with Crippen molar-refractivity contribution in [3.63, 3.8) is 0 Å². The molecule has 2 aromatic heterocycles. The molecule has 1 unspecified atom stereocenters. The number of terminal acetylenes is 1. The molecule has 10 rings (SSSR count). The lowest BCUT2D eigenvalue weighted by molar-refractivity contribution is -0.135. The van der Waals surface area contributed by atoms with Crippen LogP contribution >= 0.6 is 0 Å². The molecule has 61 heavy (non-hydrogen) atoms. The van der Waals surface area contributed by atoms with Gasteiger partial charge in [-0.2, -0.15) is 9.97 Å². The van der Waals surface area contributed by atoms with Gasteiger partial charge >= 0.3 is 11.7 Å². The van der Waals surface area contributed by atoms with Crippen LogP contribution in [0.15, 0.2) is 53.3 Å². The number of amides is 2. The van der Waals surface area contributed by atoms with Crippen molar-refractivity contribution in [2.75, 3.05) is 68.8 Å². The van der Waals surface area contributed by atoms with E-state index in [-0.39, 0.29) is 29.2 Å². The molecule has 5 aromatic rings. The maximum atomic E-state index is 14.9. The number of hydrogen-bond acceptors (Lipinski definition) is 10. The number of fused-ring (bicyclic) bond motifs is 3. The van der Waals surface area contributed by atoms with Gasteiger partial charge in [-0.15, -0.1) is 6.42 Å². The minimum atomic E-state index is -0.694. The number of anilines is 2. The highest BCUT2D eigenvalue weighted by molar-refractivity contribution is 6.00. The maximum Gasteiger partial charge on any atom is 0.329 e. The molecule has 1 saturated carbocycles. The second-order valence-corrected chi connectivity index (χ2v) is 17.8.